The molecule has 1 N–H and O–H groups in total. The molecule has 11 heteroatoms. The van der Waals surface area contributed by atoms with Gasteiger partial charge in [0.1, 0.15) is 22.8 Å². The highest BCUT2D eigenvalue weighted by Crippen LogP contribution is 2.38. The minimum Gasteiger partial charge on any atom is -0.493 e. The second-order valence-corrected chi connectivity index (χ2v) is 10.8. The fourth-order valence-electron chi connectivity index (χ4n) is 5.24. The molecule has 4 aromatic rings. The maximum atomic E-state index is 15.3. The number of pyridine rings is 2. The van der Waals surface area contributed by atoms with E-state index in [4.69, 9.17) is 9.72 Å². The maximum Gasteiger partial charge on any atom is 0.197 e. The predicted molar refractivity (Wildman–Crippen MR) is 137 cm³/mol. The van der Waals surface area contributed by atoms with Crippen LogP contribution in [0.25, 0.3) is 27.9 Å². The van der Waals surface area contributed by atoms with Crippen LogP contribution in [0.3, 0.4) is 0 Å². The van der Waals surface area contributed by atoms with Gasteiger partial charge in [0.15, 0.2) is 11.4 Å². The molecular weight excluding hydrogens is 483 g/mol. The Bertz CT molecular complexity index is 1460. The summed E-state index contributed by atoms with van der Waals surface area (Å²) in [5.41, 5.74) is 5.35. The number of likely N-dealkylation sites (tertiary alicyclic amines) is 1. The Morgan fingerprint density at radius 3 is 2.72 bits per heavy atom. The first-order chi connectivity index (χ1) is 17.4. The number of methoxy groups -OCH3 is 1. The number of aromatic nitrogens is 5. The standard InChI is InChI=1S/C25H31FN6O3S/c1-15(2)21-23(17-11-20(35-3)25-27-14-28-32(25)13-17)29-19-12-18(26)22(30-24(19)21)16-5-8-31(9-6-16)7-4-10-36(33)34/h11-16,29,36H,4-10H2,1-3H3. The molecule has 0 aliphatic carbocycles. The van der Waals surface area contributed by atoms with E-state index in [0.29, 0.717) is 29.0 Å². The summed E-state index contributed by atoms with van der Waals surface area (Å²) >= 11 is 0. The number of thiol groups is 1. The third kappa shape index (κ3) is 4.69. The molecule has 9 nitrogen and oxygen atoms in total. The lowest BCUT2D eigenvalue weighted by Gasteiger charge is -2.31. The fourth-order valence-corrected chi connectivity index (χ4v) is 5.64. The quantitative estimate of drug-likeness (QED) is 0.345. The zero-order valence-corrected chi connectivity index (χ0v) is 21.6. The molecule has 192 valence electrons. The molecule has 0 bridgehead atoms. The van der Waals surface area contributed by atoms with Crippen molar-refractivity contribution < 1.29 is 17.5 Å². The SMILES string of the molecule is COc1cc(-c2[nH]c3cc(F)c(C4CCN(CCC[SH](=O)=O)CC4)nc3c2C(C)C)cn2ncnc12. The summed E-state index contributed by atoms with van der Waals surface area (Å²) in [6.45, 7) is 6.59. The topological polar surface area (TPSA) is 105 Å². The molecule has 0 radical (unpaired) electrons. The fraction of sp³-hybridized carbons (Fsp3) is 0.480. The Labute approximate surface area is 210 Å². The lowest BCUT2D eigenvalue weighted by molar-refractivity contribution is 0.210. The number of nitrogens with zero attached hydrogens (tertiary/aromatic N) is 5. The van der Waals surface area contributed by atoms with Gasteiger partial charge >= 0.3 is 0 Å². The van der Waals surface area contributed by atoms with Gasteiger partial charge in [0, 0.05) is 35.1 Å². The van der Waals surface area contributed by atoms with Crippen LogP contribution in [-0.2, 0) is 10.7 Å². The van der Waals surface area contributed by atoms with E-state index in [1.165, 1.54) is 6.33 Å². The number of H-pyrrole nitrogens is 1. The van der Waals surface area contributed by atoms with E-state index < -0.39 is 10.7 Å². The van der Waals surface area contributed by atoms with E-state index in [1.54, 1.807) is 17.7 Å². The minimum atomic E-state index is -2.33. The first-order valence-electron chi connectivity index (χ1n) is 12.3. The van der Waals surface area contributed by atoms with Crippen LogP contribution in [0.5, 0.6) is 5.75 Å². The van der Waals surface area contributed by atoms with Gasteiger partial charge in [-0.25, -0.2) is 27.3 Å². The predicted octanol–water partition coefficient (Wildman–Crippen LogP) is 3.72. The van der Waals surface area contributed by atoms with Crippen molar-refractivity contribution in [2.75, 3.05) is 32.5 Å². The molecule has 0 amide bonds. The Morgan fingerprint density at radius 2 is 2.03 bits per heavy atom. The molecule has 5 heterocycles. The summed E-state index contributed by atoms with van der Waals surface area (Å²) in [6.07, 6.45) is 5.60. The normalized spacial score (nSPS) is 15.6. The van der Waals surface area contributed by atoms with Crippen molar-refractivity contribution in [3.63, 3.8) is 0 Å². The van der Waals surface area contributed by atoms with Gasteiger partial charge in [-0.15, -0.1) is 0 Å². The number of aromatic amines is 1. The number of fused-ring (bicyclic) bond motifs is 2. The molecular formula is C25H31FN6O3S. The largest absolute Gasteiger partial charge is 0.493 e. The zero-order valence-electron chi connectivity index (χ0n) is 20.7. The second-order valence-electron chi connectivity index (χ2n) is 9.67. The monoisotopic (exact) mass is 514 g/mol. The summed E-state index contributed by atoms with van der Waals surface area (Å²) in [5.74, 6) is 0.702. The molecule has 0 unspecified atom stereocenters. The van der Waals surface area contributed by atoms with Gasteiger partial charge in [-0.3, -0.25) is 0 Å². The Balaban J connectivity index is 1.48. The van der Waals surface area contributed by atoms with Crippen LogP contribution in [-0.4, -0.2) is 70.4 Å². The van der Waals surface area contributed by atoms with Crippen LogP contribution in [0.4, 0.5) is 4.39 Å². The molecule has 0 atom stereocenters. The third-order valence-corrected chi connectivity index (χ3v) is 7.69. The molecule has 1 aliphatic heterocycles. The van der Waals surface area contributed by atoms with Crippen molar-refractivity contribution >= 4 is 27.4 Å². The second kappa shape index (κ2) is 10.1. The molecule has 0 spiro atoms. The van der Waals surface area contributed by atoms with Gasteiger partial charge in [-0.05, 0) is 50.9 Å². The van der Waals surface area contributed by atoms with Crippen molar-refractivity contribution in [1.29, 1.82) is 0 Å². The molecule has 0 saturated carbocycles. The Morgan fingerprint density at radius 1 is 1.25 bits per heavy atom. The number of rotatable bonds is 8. The molecule has 5 rings (SSSR count). The molecule has 1 aliphatic rings. The molecule has 1 saturated heterocycles. The highest BCUT2D eigenvalue weighted by Gasteiger charge is 2.27. The number of nitrogens with one attached hydrogen (secondary N) is 1. The van der Waals surface area contributed by atoms with Crippen LogP contribution in [0.2, 0.25) is 0 Å². The lowest BCUT2D eigenvalue weighted by Crippen LogP contribution is -2.34. The highest BCUT2D eigenvalue weighted by atomic mass is 32.2. The van der Waals surface area contributed by atoms with Gasteiger partial charge < -0.3 is 14.6 Å². The zero-order chi connectivity index (χ0) is 25.4. The first-order valence-corrected chi connectivity index (χ1v) is 13.7. The maximum absolute atomic E-state index is 15.3. The van der Waals surface area contributed by atoms with Crippen LogP contribution in [0.1, 0.15) is 56.2 Å². The molecule has 4 aromatic heterocycles. The average Bonchev–Trinajstić information content (AvgIpc) is 3.47. The van der Waals surface area contributed by atoms with E-state index in [-0.39, 0.29) is 23.4 Å². The summed E-state index contributed by atoms with van der Waals surface area (Å²) < 4.78 is 44.2. The first kappa shape index (κ1) is 24.6. The van der Waals surface area contributed by atoms with Crippen molar-refractivity contribution in [3.8, 4) is 17.0 Å². The third-order valence-electron chi connectivity index (χ3n) is 7.00. The van der Waals surface area contributed by atoms with Gasteiger partial charge in [0.25, 0.3) is 0 Å². The average molecular weight is 515 g/mol. The number of halogens is 1. The van der Waals surface area contributed by atoms with E-state index in [0.717, 1.165) is 54.8 Å². The van der Waals surface area contributed by atoms with E-state index in [1.807, 2.05) is 12.3 Å². The van der Waals surface area contributed by atoms with Crippen LogP contribution in [0.15, 0.2) is 24.7 Å². The summed E-state index contributed by atoms with van der Waals surface area (Å²) in [4.78, 5) is 14.8. The van der Waals surface area contributed by atoms with Crippen LogP contribution in [0, 0.1) is 5.82 Å². The van der Waals surface area contributed by atoms with Crippen LogP contribution >= 0.6 is 0 Å². The Kier molecular flexibility index (Phi) is 6.94. The lowest BCUT2D eigenvalue weighted by atomic mass is 9.92. The van der Waals surface area contributed by atoms with Crippen molar-refractivity contribution in [2.24, 2.45) is 0 Å². The van der Waals surface area contributed by atoms with Gasteiger partial charge in [0.05, 0.1) is 29.5 Å². The van der Waals surface area contributed by atoms with Gasteiger partial charge in [0.2, 0.25) is 0 Å². The van der Waals surface area contributed by atoms with E-state index in [9.17, 15) is 8.42 Å². The highest BCUT2D eigenvalue weighted by molar-refractivity contribution is 7.72. The summed E-state index contributed by atoms with van der Waals surface area (Å²) in [7, 11) is -0.732. The van der Waals surface area contributed by atoms with Crippen molar-refractivity contribution in [1.82, 2.24) is 29.5 Å². The molecule has 36 heavy (non-hydrogen) atoms. The number of hydrogen-bond acceptors (Lipinski definition) is 7. The van der Waals surface area contributed by atoms with Gasteiger partial charge in [-0.1, -0.05) is 13.8 Å². The summed E-state index contributed by atoms with van der Waals surface area (Å²) in [6, 6.07) is 3.48. The Hall–Kier alpha value is -3.05. The minimum absolute atomic E-state index is 0.0340. The van der Waals surface area contributed by atoms with Crippen LogP contribution < -0.4 is 4.74 Å². The number of hydrogen-bond donors (Lipinski definition) is 2. The number of ether oxygens (including phenoxy) is 1. The summed E-state index contributed by atoms with van der Waals surface area (Å²) in [5, 5.41) is 4.27. The van der Waals surface area contributed by atoms with Crippen molar-refractivity contribution in [3.05, 3.63) is 41.7 Å². The van der Waals surface area contributed by atoms with E-state index in [2.05, 4.69) is 33.8 Å². The molecule has 1 fully saturated rings. The van der Waals surface area contributed by atoms with E-state index >= 15 is 4.39 Å². The smallest absolute Gasteiger partial charge is 0.197 e. The number of piperidine rings is 1. The molecule has 0 aromatic carbocycles. The van der Waals surface area contributed by atoms with Gasteiger partial charge in [-0.2, -0.15) is 5.10 Å². The van der Waals surface area contributed by atoms with Crippen molar-refractivity contribution in [2.45, 2.75) is 44.9 Å².